The smallest absolute Gasteiger partial charge is 0.382 e. The maximum Gasteiger partial charge on any atom is 0.433 e. The Hall–Kier alpha value is -4.68. The first kappa shape index (κ1) is 26.9. The first-order chi connectivity index (χ1) is 19.1. The van der Waals surface area contributed by atoms with Crippen LogP contribution in [0.4, 0.5) is 35.3 Å². The number of amides is 3. The van der Waals surface area contributed by atoms with Gasteiger partial charge in [0.15, 0.2) is 5.82 Å². The predicted octanol–water partition coefficient (Wildman–Crippen LogP) is 5.30. The molecule has 1 aliphatic heterocycles. The first-order valence-corrected chi connectivity index (χ1v) is 12.8. The molecule has 0 spiro atoms. The van der Waals surface area contributed by atoms with Gasteiger partial charge in [0, 0.05) is 30.5 Å². The molecule has 0 radical (unpaired) electrons. The Morgan fingerprint density at radius 2 is 1.80 bits per heavy atom. The topological polar surface area (TPSA) is 131 Å². The Bertz CT molecular complexity index is 1540. The SMILES string of the molecule is CCC1CCN(C(=O)c2cn3ncnc(N)c3c2-c2ccc(NC(=O)Nc3cccc(C(F)(F)F)n3)cc2)CC1. The van der Waals surface area contributed by atoms with Crippen molar-refractivity contribution in [2.24, 2.45) is 5.92 Å². The predicted molar refractivity (Wildman–Crippen MR) is 144 cm³/mol. The van der Waals surface area contributed by atoms with Crippen molar-refractivity contribution in [3.63, 3.8) is 0 Å². The van der Waals surface area contributed by atoms with E-state index in [-0.39, 0.29) is 17.5 Å². The number of benzene rings is 1. The van der Waals surface area contributed by atoms with E-state index in [9.17, 15) is 22.8 Å². The third-order valence-electron chi connectivity index (χ3n) is 7.02. The van der Waals surface area contributed by atoms with Crippen molar-refractivity contribution in [3.8, 4) is 11.1 Å². The number of aromatic nitrogens is 4. The fourth-order valence-electron chi connectivity index (χ4n) is 4.86. The zero-order valence-corrected chi connectivity index (χ0v) is 21.6. The lowest BCUT2D eigenvalue weighted by atomic mass is 9.93. The van der Waals surface area contributed by atoms with E-state index in [1.165, 1.54) is 16.9 Å². The standard InChI is InChI=1S/C27H27F3N8O2/c1-2-16-10-12-37(13-11-16)25(39)19-14-38-23(24(31)32-15-33-38)22(19)17-6-8-18(9-7-17)34-26(40)36-21-5-3-4-20(35-21)27(28,29)30/h3-9,14-16H,2,10-13H2,1H3,(H2,31,32,33)(H2,34,35,36,40). The molecule has 0 bridgehead atoms. The third-order valence-corrected chi connectivity index (χ3v) is 7.02. The number of nitrogens with zero attached hydrogens (tertiary/aromatic N) is 5. The number of likely N-dealkylation sites (tertiary alicyclic amines) is 1. The molecule has 1 aromatic carbocycles. The molecule has 1 saturated heterocycles. The van der Waals surface area contributed by atoms with Crippen LogP contribution >= 0.6 is 0 Å². The number of rotatable bonds is 5. The molecule has 4 heterocycles. The Balaban J connectivity index is 1.38. The first-order valence-electron chi connectivity index (χ1n) is 12.8. The van der Waals surface area contributed by atoms with Crippen LogP contribution in [0.25, 0.3) is 16.6 Å². The number of nitrogens with two attached hydrogens (primary N) is 1. The summed E-state index contributed by atoms with van der Waals surface area (Å²) in [5.41, 5.74) is 7.61. The number of urea groups is 1. The number of alkyl halides is 3. The molecular weight excluding hydrogens is 525 g/mol. The molecule has 40 heavy (non-hydrogen) atoms. The van der Waals surface area contributed by atoms with Crippen LogP contribution in [0.1, 0.15) is 42.2 Å². The van der Waals surface area contributed by atoms with Gasteiger partial charge in [-0.2, -0.15) is 18.3 Å². The summed E-state index contributed by atoms with van der Waals surface area (Å²) in [5, 5.41) is 9.10. The number of nitrogens with one attached hydrogen (secondary N) is 2. The number of fused-ring (bicyclic) bond motifs is 1. The lowest BCUT2D eigenvalue weighted by molar-refractivity contribution is -0.141. The maximum atomic E-state index is 13.6. The molecule has 3 amide bonds. The van der Waals surface area contributed by atoms with Crippen molar-refractivity contribution in [2.75, 3.05) is 29.5 Å². The molecule has 5 rings (SSSR count). The average molecular weight is 553 g/mol. The molecule has 13 heteroatoms. The highest BCUT2D eigenvalue weighted by molar-refractivity contribution is 6.07. The normalized spacial score (nSPS) is 14.3. The van der Waals surface area contributed by atoms with E-state index in [4.69, 9.17) is 5.73 Å². The zero-order chi connectivity index (χ0) is 28.4. The van der Waals surface area contributed by atoms with E-state index in [1.807, 2.05) is 4.90 Å². The molecule has 0 saturated carbocycles. The van der Waals surface area contributed by atoms with Crippen molar-refractivity contribution >= 4 is 34.8 Å². The van der Waals surface area contributed by atoms with Gasteiger partial charge in [0.25, 0.3) is 5.91 Å². The zero-order valence-electron chi connectivity index (χ0n) is 21.6. The average Bonchev–Trinajstić information content (AvgIpc) is 3.34. The van der Waals surface area contributed by atoms with Crippen LogP contribution in [0.5, 0.6) is 0 Å². The molecule has 4 aromatic rings. The number of piperidine rings is 1. The number of carbonyl (C=O) groups excluding carboxylic acids is 2. The minimum absolute atomic E-state index is 0.121. The van der Waals surface area contributed by atoms with Crippen molar-refractivity contribution in [2.45, 2.75) is 32.4 Å². The minimum atomic E-state index is -4.63. The number of halogens is 3. The van der Waals surface area contributed by atoms with Gasteiger partial charge in [-0.1, -0.05) is 31.5 Å². The number of carbonyl (C=O) groups is 2. The van der Waals surface area contributed by atoms with E-state index in [0.29, 0.717) is 46.9 Å². The fourth-order valence-corrected chi connectivity index (χ4v) is 4.86. The number of anilines is 3. The van der Waals surface area contributed by atoms with Gasteiger partial charge in [-0.15, -0.1) is 0 Å². The quantitative estimate of drug-likeness (QED) is 0.308. The Morgan fingerprint density at radius 3 is 2.48 bits per heavy atom. The van der Waals surface area contributed by atoms with E-state index in [2.05, 4.69) is 32.6 Å². The molecule has 1 aliphatic rings. The highest BCUT2D eigenvalue weighted by atomic mass is 19.4. The van der Waals surface area contributed by atoms with Crippen LogP contribution < -0.4 is 16.4 Å². The minimum Gasteiger partial charge on any atom is -0.382 e. The Labute approximate surface area is 227 Å². The number of hydrogen-bond acceptors (Lipinski definition) is 6. The van der Waals surface area contributed by atoms with E-state index in [0.717, 1.165) is 31.4 Å². The lowest BCUT2D eigenvalue weighted by Gasteiger charge is -2.31. The molecule has 0 unspecified atom stereocenters. The van der Waals surface area contributed by atoms with Gasteiger partial charge in [0.2, 0.25) is 0 Å². The maximum absolute atomic E-state index is 13.6. The second-order valence-corrected chi connectivity index (χ2v) is 9.56. The van der Waals surface area contributed by atoms with Gasteiger partial charge < -0.3 is 16.0 Å². The van der Waals surface area contributed by atoms with Gasteiger partial charge in [0.1, 0.15) is 23.4 Å². The molecule has 208 valence electrons. The second-order valence-electron chi connectivity index (χ2n) is 9.56. The third kappa shape index (κ3) is 5.53. The number of hydrogen-bond donors (Lipinski definition) is 3. The molecule has 1 fully saturated rings. The fraction of sp³-hybridized carbons (Fsp3) is 0.296. The highest BCUT2D eigenvalue weighted by Crippen LogP contribution is 2.35. The summed E-state index contributed by atoms with van der Waals surface area (Å²) in [7, 11) is 0. The molecule has 3 aromatic heterocycles. The molecule has 0 aliphatic carbocycles. The summed E-state index contributed by atoms with van der Waals surface area (Å²) in [6.07, 6.45) is 1.32. The van der Waals surface area contributed by atoms with E-state index in [1.54, 1.807) is 30.5 Å². The number of pyridine rings is 1. The van der Waals surface area contributed by atoms with Crippen molar-refractivity contribution in [3.05, 3.63) is 66.2 Å². The van der Waals surface area contributed by atoms with Crippen LogP contribution in [0, 0.1) is 5.92 Å². The van der Waals surface area contributed by atoms with Crippen molar-refractivity contribution < 1.29 is 22.8 Å². The van der Waals surface area contributed by atoms with Crippen LogP contribution in [0.3, 0.4) is 0 Å². The summed E-state index contributed by atoms with van der Waals surface area (Å²) in [4.78, 5) is 35.4. The van der Waals surface area contributed by atoms with Crippen molar-refractivity contribution in [1.29, 1.82) is 0 Å². The summed E-state index contributed by atoms with van der Waals surface area (Å²) >= 11 is 0. The van der Waals surface area contributed by atoms with Gasteiger partial charge >= 0.3 is 12.2 Å². The van der Waals surface area contributed by atoms with Gasteiger partial charge in [-0.25, -0.2) is 19.3 Å². The second kappa shape index (κ2) is 10.8. The largest absolute Gasteiger partial charge is 0.433 e. The van der Waals surface area contributed by atoms with Crippen LogP contribution in [-0.2, 0) is 6.18 Å². The summed E-state index contributed by atoms with van der Waals surface area (Å²) in [6.45, 7) is 3.50. The van der Waals surface area contributed by atoms with Crippen LogP contribution in [0.2, 0.25) is 0 Å². The summed E-state index contributed by atoms with van der Waals surface area (Å²) in [6, 6.07) is 9.10. The lowest BCUT2D eigenvalue weighted by Crippen LogP contribution is -2.38. The summed E-state index contributed by atoms with van der Waals surface area (Å²) in [5.74, 6) is 0.457. The molecular formula is C27H27F3N8O2. The van der Waals surface area contributed by atoms with Crippen LogP contribution in [0.15, 0.2) is 55.0 Å². The van der Waals surface area contributed by atoms with E-state index < -0.39 is 17.9 Å². The molecule has 0 atom stereocenters. The van der Waals surface area contributed by atoms with E-state index >= 15 is 0 Å². The molecule has 10 nitrogen and oxygen atoms in total. The van der Waals surface area contributed by atoms with Crippen LogP contribution in [-0.4, -0.2) is 49.5 Å². The number of nitrogen functional groups attached to an aromatic ring is 1. The summed E-state index contributed by atoms with van der Waals surface area (Å²) < 4.78 is 40.3. The van der Waals surface area contributed by atoms with Gasteiger partial charge in [0.05, 0.1) is 5.56 Å². The molecule has 4 N–H and O–H groups in total. The highest BCUT2D eigenvalue weighted by Gasteiger charge is 2.32. The van der Waals surface area contributed by atoms with Crippen molar-refractivity contribution in [1.82, 2.24) is 24.5 Å². The monoisotopic (exact) mass is 552 g/mol. The Kier molecular flexibility index (Phi) is 7.28. The Morgan fingerprint density at radius 1 is 1.07 bits per heavy atom. The van der Waals surface area contributed by atoms with Gasteiger partial charge in [-0.05, 0) is 48.6 Å². The van der Waals surface area contributed by atoms with Gasteiger partial charge in [-0.3, -0.25) is 10.1 Å².